The molecule has 3 N–H and O–H groups in total. The van der Waals surface area contributed by atoms with E-state index in [-0.39, 0.29) is 15.7 Å². The van der Waals surface area contributed by atoms with Crippen molar-refractivity contribution in [2.75, 3.05) is 31.7 Å². The predicted molar refractivity (Wildman–Crippen MR) is 71.3 cm³/mol. The van der Waals surface area contributed by atoms with E-state index < -0.39 is 10.0 Å². The van der Waals surface area contributed by atoms with Crippen LogP contribution in [0.25, 0.3) is 0 Å². The van der Waals surface area contributed by atoms with Crippen molar-refractivity contribution in [3.05, 3.63) is 17.3 Å². The Hall–Kier alpha value is -0.930. The lowest BCUT2D eigenvalue weighted by Crippen LogP contribution is -2.33. The number of nitrogens with zero attached hydrogens (tertiary/aromatic N) is 2. The van der Waals surface area contributed by atoms with Crippen LogP contribution in [0, 0.1) is 0 Å². The molecule has 1 fully saturated rings. The van der Waals surface area contributed by atoms with Crippen LogP contribution in [0.4, 0.5) is 5.82 Å². The summed E-state index contributed by atoms with van der Waals surface area (Å²) in [6, 6.07) is 1.34. The summed E-state index contributed by atoms with van der Waals surface area (Å²) in [6.07, 6.45) is 1.91. The molecule has 7 nitrogen and oxygen atoms in total. The molecular formula is C10H15ClN4O3S. The van der Waals surface area contributed by atoms with Gasteiger partial charge in [0.1, 0.15) is 4.90 Å². The standard InChI is InChI=1S/C10H15ClN4O3S/c11-9-6-8(7-13-10(9)14-12)19(16,17)15-2-1-4-18-5-3-15/h6-7H,1-5,12H2,(H,13,14). The lowest BCUT2D eigenvalue weighted by molar-refractivity contribution is 0.148. The van der Waals surface area contributed by atoms with Crippen molar-refractivity contribution < 1.29 is 13.2 Å². The molecule has 1 aliphatic rings. The molecule has 19 heavy (non-hydrogen) atoms. The number of nitrogens with two attached hydrogens (primary N) is 1. The summed E-state index contributed by atoms with van der Waals surface area (Å²) in [5.41, 5.74) is 2.29. The summed E-state index contributed by atoms with van der Waals surface area (Å²) in [5.74, 6) is 5.44. The minimum Gasteiger partial charge on any atom is -0.380 e. The molecule has 0 unspecified atom stereocenters. The first-order valence-corrected chi connectivity index (χ1v) is 7.57. The highest BCUT2D eigenvalue weighted by molar-refractivity contribution is 7.89. The van der Waals surface area contributed by atoms with Gasteiger partial charge in [-0.25, -0.2) is 19.2 Å². The molecule has 0 aromatic carbocycles. The summed E-state index contributed by atoms with van der Waals surface area (Å²) in [7, 11) is -3.60. The number of rotatable bonds is 3. The first-order valence-electron chi connectivity index (χ1n) is 5.76. The molecule has 0 saturated carbocycles. The number of hydrogen-bond donors (Lipinski definition) is 2. The molecule has 1 aliphatic heterocycles. The van der Waals surface area contributed by atoms with Crippen LogP contribution in [0.5, 0.6) is 0 Å². The van der Waals surface area contributed by atoms with Gasteiger partial charge in [0.05, 0.1) is 11.6 Å². The second kappa shape index (κ2) is 6.02. The molecule has 0 spiro atoms. The largest absolute Gasteiger partial charge is 0.380 e. The van der Waals surface area contributed by atoms with Gasteiger partial charge < -0.3 is 10.2 Å². The van der Waals surface area contributed by atoms with Crippen LogP contribution >= 0.6 is 11.6 Å². The molecule has 1 aromatic rings. The molecule has 0 atom stereocenters. The second-order valence-corrected chi connectivity index (χ2v) is 6.36. The Kier molecular flexibility index (Phi) is 4.58. The lowest BCUT2D eigenvalue weighted by Gasteiger charge is -2.19. The maximum atomic E-state index is 12.4. The average Bonchev–Trinajstić information content (AvgIpc) is 2.67. The number of anilines is 1. The van der Waals surface area contributed by atoms with E-state index in [0.717, 1.165) is 0 Å². The fourth-order valence-corrected chi connectivity index (χ4v) is 3.50. The molecule has 106 valence electrons. The summed E-state index contributed by atoms with van der Waals surface area (Å²) in [5, 5.41) is 0.162. The van der Waals surface area contributed by atoms with Crippen molar-refractivity contribution in [3.8, 4) is 0 Å². The Morgan fingerprint density at radius 2 is 2.21 bits per heavy atom. The maximum Gasteiger partial charge on any atom is 0.244 e. The summed E-state index contributed by atoms with van der Waals surface area (Å²) in [6.45, 7) is 1.72. The SMILES string of the molecule is NNc1ncc(S(=O)(=O)N2CCCOCC2)cc1Cl. The number of halogens is 1. The predicted octanol–water partition coefficient (Wildman–Crippen LogP) is 0.432. The van der Waals surface area contributed by atoms with Crippen molar-refractivity contribution in [1.82, 2.24) is 9.29 Å². The van der Waals surface area contributed by atoms with Gasteiger partial charge in [-0.15, -0.1) is 0 Å². The van der Waals surface area contributed by atoms with Crippen molar-refractivity contribution in [2.45, 2.75) is 11.3 Å². The fourth-order valence-electron chi connectivity index (χ4n) is 1.78. The van der Waals surface area contributed by atoms with Gasteiger partial charge in [0.2, 0.25) is 10.0 Å². The van der Waals surface area contributed by atoms with E-state index in [0.29, 0.717) is 32.7 Å². The number of nitrogens with one attached hydrogen (secondary N) is 1. The lowest BCUT2D eigenvalue weighted by atomic mass is 10.4. The molecule has 0 radical (unpaired) electrons. The maximum absolute atomic E-state index is 12.4. The topological polar surface area (TPSA) is 97.5 Å². The Morgan fingerprint density at radius 1 is 1.42 bits per heavy atom. The zero-order valence-corrected chi connectivity index (χ0v) is 11.7. The van der Waals surface area contributed by atoms with Crippen LogP contribution in [-0.2, 0) is 14.8 Å². The summed E-state index contributed by atoms with van der Waals surface area (Å²) in [4.78, 5) is 3.93. The van der Waals surface area contributed by atoms with Gasteiger partial charge in [0.15, 0.2) is 5.82 Å². The first kappa shape index (κ1) is 14.5. The third-order valence-electron chi connectivity index (χ3n) is 2.77. The monoisotopic (exact) mass is 306 g/mol. The van der Waals surface area contributed by atoms with Gasteiger partial charge in [-0.1, -0.05) is 11.6 Å². The highest BCUT2D eigenvalue weighted by Gasteiger charge is 2.26. The average molecular weight is 307 g/mol. The Morgan fingerprint density at radius 3 is 2.89 bits per heavy atom. The van der Waals surface area contributed by atoms with Gasteiger partial charge in [-0.2, -0.15) is 4.31 Å². The Labute approximate surface area is 116 Å². The van der Waals surface area contributed by atoms with Gasteiger partial charge >= 0.3 is 0 Å². The molecular weight excluding hydrogens is 292 g/mol. The molecule has 0 amide bonds. The van der Waals surface area contributed by atoms with E-state index in [9.17, 15) is 8.42 Å². The summed E-state index contributed by atoms with van der Waals surface area (Å²) < 4.78 is 31.4. The third-order valence-corrected chi connectivity index (χ3v) is 4.92. The van der Waals surface area contributed by atoms with Crippen LogP contribution in [-0.4, -0.2) is 44.0 Å². The molecule has 1 aromatic heterocycles. The second-order valence-electron chi connectivity index (χ2n) is 4.02. The Bertz CT molecular complexity index is 544. The van der Waals surface area contributed by atoms with E-state index >= 15 is 0 Å². The van der Waals surface area contributed by atoms with Crippen molar-refractivity contribution >= 4 is 27.4 Å². The number of sulfonamides is 1. The number of pyridine rings is 1. The van der Waals surface area contributed by atoms with Crippen LogP contribution in [0.3, 0.4) is 0 Å². The van der Waals surface area contributed by atoms with Gasteiger partial charge in [-0.05, 0) is 12.5 Å². The molecule has 0 aliphatic carbocycles. The third kappa shape index (κ3) is 3.15. The van der Waals surface area contributed by atoms with E-state index in [1.165, 1.54) is 16.6 Å². The van der Waals surface area contributed by atoms with Crippen LogP contribution < -0.4 is 11.3 Å². The Balaban J connectivity index is 2.30. The number of hydrogen-bond acceptors (Lipinski definition) is 6. The highest BCUT2D eigenvalue weighted by Crippen LogP contribution is 2.24. The molecule has 2 rings (SSSR count). The number of hydrazine groups is 1. The molecule has 1 saturated heterocycles. The van der Waals surface area contributed by atoms with E-state index in [1.807, 2.05) is 0 Å². The van der Waals surface area contributed by atoms with Gasteiger partial charge in [-0.3, -0.25) is 0 Å². The van der Waals surface area contributed by atoms with Crippen molar-refractivity contribution in [3.63, 3.8) is 0 Å². The normalized spacial score (nSPS) is 18.0. The van der Waals surface area contributed by atoms with Crippen LogP contribution in [0.15, 0.2) is 17.2 Å². The van der Waals surface area contributed by atoms with E-state index in [4.69, 9.17) is 22.2 Å². The molecule has 0 bridgehead atoms. The zero-order chi connectivity index (χ0) is 13.9. The fraction of sp³-hybridized carbons (Fsp3) is 0.500. The van der Waals surface area contributed by atoms with E-state index in [1.54, 1.807) is 0 Å². The summed E-state index contributed by atoms with van der Waals surface area (Å²) >= 11 is 5.89. The smallest absolute Gasteiger partial charge is 0.244 e. The van der Waals surface area contributed by atoms with Crippen molar-refractivity contribution in [1.29, 1.82) is 0 Å². The molecule has 2 heterocycles. The van der Waals surface area contributed by atoms with Gasteiger partial charge in [0.25, 0.3) is 0 Å². The van der Waals surface area contributed by atoms with Gasteiger partial charge in [0, 0.05) is 25.9 Å². The van der Waals surface area contributed by atoms with E-state index in [2.05, 4.69) is 10.4 Å². The number of nitrogen functional groups attached to an aromatic ring is 1. The minimum absolute atomic E-state index is 0.0541. The zero-order valence-electron chi connectivity index (χ0n) is 10.2. The quantitative estimate of drug-likeness (QED) is 0.621. The van der Waals surface area contributed by atoms with Crippen LogP contribution in [0.2, 0.25) is 5.02 Å². The van der Waals surface area contributed by atoms with Crippen LogP contribution in [0.1, 0.15) is 6.42 Å². The number of aromatic nitrogens is 1. The highest BCUT2D eigenvalue weighted by atomic mass is 35.5. The number of ether oxygens (including phenoxy) is 1. The minimum atomic E-state index is -3.60. The molecule has 9 heteroatoms. The van der Waals surface area contributed by atoms with Crippen molar-refractivity contribution in [2.24, 2.45) is 5.84 Å². The first-order chi connectivity index (χ1) is 9.05.